The largest absolute Gasteiger partial charge is 0.486 e. The number of nitrogen functional groups attached to an aromatic ring is 1. The molecule has 1 aromatic carbocycles. The summed E-state index contributed by atoms with van der Waals surface area (Å²) in [5, 5.41) is 3.70. The Morgan fingerprint density at radius 3 is 2.58 bits per heavy atom. The number of nitrogens with two attached hydrogens (primary N) is 1. The molecule has 0 saturated carbocycles. The highest BCUT2D eigenvalue weighted by Gasteiger charge is 2.18. The maximum atomic E-state index is 5.59. The van der Waals surface area contributed by atoms with Crippen molar-refractivity contribution in [2.24, 2.45) is 0 Å². The van der Waals surface area contributed by atoms with Crippen LogP contribution in [0.15, 0.2) is 22.7 Å². The van der Waals surface area contributed by atoms with Crippen LogP contribution in [0.2, 0.25) is 0 Å². The predicted molar refractivity (Wildman–Crippen MR) is 68.1 cm³/mol. The summed E-state index contributed by atoms with van der Waals surface area (Å²) in [6.45, 7) is 1.52. The van der Waals surface area contributed by atoms with E-state index >= 15 is 0 Å². The fourth-order valence-corrected chi connectivity index (χ4v) is 2.05. The molecule has 0 unspecified atom stereocenters. The minimum absolute atomic E-state index is 0.341. The van der Waals surface area contributed by atoms with Crippen molar-refractivity contribution in [1.29, 1.82) is 0 Å². The molecule has 19 heavy (non-hydrogen) atoms. The van der Waals surface area contributed by atoms with Crippen molar-refractivity contribution < 1.29 is 18.7 Å². The van der Waals surface area contributed by atoms with Crippen LogP contribution in [0.4, 0.5) is 5.82 Å². The van der Waals surface area contributed by atoms with Crippen LogP contribution in [0, 0.1) is 0 Å². The second-order valence-corrected chi connectivity index (χ2v) is 4.20. The first-order chi connectivity index (χ1) is 9.28. The van der Waals surface area contributed by atoms with Gasteiger partial charge in [-0.1, -0.05) is 5.16 Å². The molecule has 0 bridgehead atoms. The highest BCUT2D eigenvalue weighted by molar-refractivity contribution is 5.68. The lowest BCUT2D eigenvalue weighted by molar-refractivity contribution is 0.167. The second kappa shape index (κ2) is 4.81. The number of ether oxygens (including phenoxy) is 3. The van der Waals surface area contributed by atoms with E-state index in [2.05, 4.69) is 5.16 Å². The Kier molecular flexibility index (Phi) is 3.00. The highest BCUT2D eigenvalue weighted by Crippen LogP contribution is 2.38. The Labute approximate surface area is 110 Å². The van der Waals surface area contributed by atoms with Gasteiger partial charge in [0.05, 0.1) is 6.61 Å². The molecule has 3 rings (SSSR count). The fourth-order valence-electron chi connectivity index (χ4n) is 2.05. The van der Waals surface area contributed by atoms with Gasteiger partial charge in [0.25, 0.3) is 0 Å². The van der Waals surface area contributed by atoms with Crippen molar-refractivity contribution in [2.75, 3.05) is 26.1 Å². The monoisotopic (exact) mass is 262 g/mol. The van der Waals surface area contributed by atoms with Gasteiger partial charge in [0.15, 0.2) is 23.1 Å². The molecule has 1 aliphatic heterocycles. The molecular weight excluding hydrogens is 248 g/mol. The predicted octanol–water partition coefficient (Wildman–Crippen LogP) is 1.84. The van der Waals surface area contributed by atoms with E-state index < -0.39 is 0 Å². The van der Waals surface area contributed by atoms with Crippen LogP contribution in [-0.4, -0.2) is 25.5 Å². The van der Waals surface area contributed by atoms with Crippen LogP contribution in [0.25, 0.3) is 11.3 Å². The molecule has 2 aromatic rings. The number of hydrogen-bond acceptors (Lipinski definition) is 6. The SMILES string of the molecule is COCc1cc2c(cc1-c1cc(N)no1)OCCO2. The normalized spacial score (nSPS) is 13.5. The van der Waals surface area contributed by atoms with Gasteiger partial charge in [-0.2, -0.15) is 0 Å². The molecule has 1 aliphatic rings. The zero-order chi connectivity index (χ0) is 13.2. The van der Waals surface area contributed by atoms with E-state index in [-0.39, 0.29) is 0 Å². The lowest BCUT2D eigenvalue weighted by Crippen LogP contribution is -2.15. The number of anilines is 1. The minimum Gasteiger partial charge on any atom is -0.486 e. The third-order valence-corrected chi connectivity index (χ3v) is 2.86. The highest BCUT2D eigenvalue weighted by atomic mass is 16.6. The smallest absolute Gasteiger partial charge is 0.169 e. The van der Waals surface area contributed by atoms with E-state index in [1.165, 1.54) is 0 Å². The molecule has 0 spiro atoms. The number of rotatable bonds is 3. The van der Waals surface area contributed by atoms with E-state index in [0.717, 1.165) is 16.9 Å². The van der Waals surface area contributed by atoms with Gasteiger partial charge >= 0.3 is 0 Å². The average molecular weight is 262 g/mol. The standard InChI is InChI=1S/C13H14N2O4/c1-16-7-8-4-11-12(18-3-2-17-11)5-9(8)10-6-13(14)15-19-10/h4-6H,2-3,7H2,1H3,(H2,14,15). The fraction of sp³-hybridized carbons (Fsp3) is 0.308. The summed E-state index contributed by atoms with van der Waals surface area (Å²) in [6, 6.07) is 5.43. The summed E-state index contributed by atoms with van der Waals surface area (Å²) in [5.41, 5.74) is 7.36. The summed E-state index contributed by atoms with van der Waals surface area (Å²) >= 11 is 0. The lowest BCUT2D eigenvalue weighted by atomic mass is 10.0. The third kappa shape index (κ3) is 2.22. The quantitative estimate of drug-likeness (QED) is 0.909. The molecule has 0 radical (unpaired) electrons. The maximum absolute atomic E-state index is 5.59. The molecule has 0 fully saturated rings. The molecule has 0 aliphatic carbocycles. The molecule has 6 nitrogen and oxygen atoms in total. The average Bonchev–Trinajstić information content (AvgIpc) is 2.85. The Bertz CT molecular complexity index is 594. The number of fused-ring (bicyclic) bond motifs is 1. The van der Waals surface area contributed by atoms with Crippen LogP contribution in [-0.2, 0) is 11.3 Å². The molecular formula is C13H14N2O4. The van der Waals surface area contributed by atoms with Crippen LogP contribution in [0.3, 0.4) is 0 Å². The first-order valence-electron chi connectivity index (χ1n) is 5.92. The van der Waals surface area contributed by atoms with E-state index in [1.807, 2.05) is 12.1 Å². The summed E-state index contributed by atoms with van der Waals surface area (Å²) in [7, 11) is 1.63. The third-order valence-electron chi connectivity index (χ3n) is 2.86. The van der Waals surface area contributed by atoms with Gasteiger partial charge in [-0.15, -0.1) is 0 Å². The van der Waals surface area contributed by atoms with E-state index in [0.29, 0.717) is 37.1 Å². The van der Waals surface area contributed by atoms with Gasteiger partial charge in [-0.25, -0.2) is 0 Å². The number of methoxy groups -OCH3 is 1. The van der Waals surface area contributed by atoms with Gasteiger partial charge in [-0.05, 0) is 17.7 Å². The first-order valence-corrected chi connectivity index (χ1v) is 5.92. The molecule has 0 amide bonds. The summed E-state index contributed by atoms with van der Waals surface area (Å²) in [6.07, 6.45) is 0. The van der Waals surface area contributed by atoms with Crippen molar-refractivity contribution in [1.82, 2.24) is 5.16 Å². The van der Waals surface area contributed by atoms with Crippen LogP contribution >= 0.6 is 0 Å². The topological polar surface area (TPSA) is 79.7 Å². The molecule has 100 valence electrons. The lowest BCUT2D eigenvalue weighted by Gasteiger charge is -2.20. The minimum atomic E-state index is 0.341. The molecule has 1 aromatic heterocycles. The molecule has 2 heterocycles. The second-order valence-electron chi connectivity index (χ2n) is 4.20. The van der Waals surface area contributed by atoms with Gasteiger partial charge in [0.2, 0.25) is 0 Å². The summed E-state index contributed by atoms with van der Waals surface area (Å²) in [5.74, 6) is 2.33. The first kappa shape index (κ1) is 11.9. The molecule has 0 atom stereocenters. The maximum Gasteiger partial charge on any atom is 0.169 e. The van der Waals surface area contributed by atoms with Crippen molar-refractivity contribution in [3.63, 3.8) is 0 Å². The van der Waals surface area contributed by atoms with Crippen LogP contribution < -0.4 is 15.2 Å². The zero-order valence-electron chi connectivity index (χ0n) is 10.5. The van der Waals surface area contributed by atoms with Gasteiger partial charge < -0.3 is 24.5 Å². The number of benzene rings is 1. The van der Waals surface area contributed by atoms with Gasteiger partial charge in [0, 0.05) is 18.7 Å². The Morgan fingerprint density at radius 1 is 1.21 bits per heavy atom. The van der Waals surface area contributed by atoms with Crippen molar-refractivity contribution in [2.45, 2.75) is 6.61 Å². The van der Waals surface area contributed by atoms with Crippen LogP contribution in [0.1, 0.15) is 5.56 Å². The van der Waals surface area contributed by atoms with E-state index in [1.54, 1.807) is 13.2 Å². The van der Waals surface area contributed by atoms with Gasteiger partial charge in [0.1, 0.15) is 13.2 Å². The van der Waals surface area contributed by atoms with E-state index in [4.69, 9.17) is 24.5 Å². The number of nitrogens with zero attached hydrogens (tertiary/aromatic N) is 1. The number of aromatic nitrogens is 1. The summed E-state index contributed by atoms with van der Waals surface area (Å²) < 4.78 is 21.5. The van der Waals surface area contributed by atoms with Crippen LogP contribution in [0.5, 0.6) is 11.5 Å². The van der Waals surface area contributed by atoms with Gasteiger partial charge in [-0.3, -0.25) is 0 Å². The van der Waals surface area contributed by atoms with Crippen molar-refractivity contribution in [3.05, 3.63) is 23.8 Å². The molecule has 2 N–H and O–H groups in total. The van der Waals surface area contributed by atoms with E-state index in [9.17, 15) is 0 Å². The van der Waals surface area contributed by atoms with Crippen molar-refractivity contribution >= 4 is 5.82 Å². The molecule has 6 heteroatoms. The molecule has 0 saturated heterocycles. The Morgan fingerprint density at radius 2 is 1.95 bits per heavy atom. The number of hydrogen-bond donors (Lipinski definition) is 1. The Hall–Kier alpha value is -2.21. The Balaban J connectivity index is 2.10. The van der Waals surface area contributed by atoms with Crippen molar-refractivity contribution in [3.8, 4) is 22.8 Å². The summed E-state index contributed by atoms with van der Waals surface area (Å²) in [4.78, 5) is 0. The zero-order valence-corrected chi connectivity index (χ0v) is 10.5.